The van der Waals surface area contributed by atoms with E-state index >= 15 is 0 Å². The van der Waals surface area contributed by atoms with Crippen molar-refractivity contribution in [2.45, 2.75) is 38.5 Å². The minimum atomic E-state index is -0.334. The minimum absolute atomic E-state index is 0.212. The summed E-state index contributed by atoms with van der Waals surface area (Å²) in [5.74, 6) is 1.24. The van der Waals surface area contributed by atoms with Crippen molar-refractivity contribution in [1.29, 1.82) is 0 Å². The van der Waals surface area contributed by atoms with E-state index in [9.17, 15) is 9.18 Å². The molecular weight excluding hydrogens is 409 g/mol. The normalized spacial score (nSPS) is 18.7. The van der Waals surface area contributed by atoms with Crippen molar-refractivity contribution >= 4 is 16.8 Å². The highest BCUT2D eigenvalue weighted by molar-refractivity contribution is 5.98. The van der Waals surface area contributed by atoms with Gasteiger partial charge in [-0.2, -0.15) is 0 Å². The number of pyridine rings is 1. The zero-order chi connectivity index (χ0) is 22.1. The summed E-state index contributed by atoms with van der Waals surface area (Å²) < 4.78 is 19.8. The molecule has 8 heteroatoms. The molecule has 2 N–H and O–H groups in total. The van der Waals surface area contributed by atoms with Gasteiger partial charge in [-0.1, -0.05) is 6.07 Å². The first-order chi connectivity index (χ1) is 15.6. The number of rotatable bonds is 5. The number of halogens is 1. The predicted molar refractivity (Wildman–Crippen MR) is 118 cm³/mol. The van der Waals surface area contributed by atoms with Gasteiger partial charge in [0.2, 0.25) is 11.8 Å². The summed E-state index contributed by atoms with van der Waals surface area (Å²) in [4.78, 5) is 19.8. The summed E-state index contributed by atoms with van der Waals surface area (Å²) in [6.45, 7) is 2.53. The number of hydrogen-bond acceptors (Lipinski definition) is 5. The van der Waals surface area contributed by atoms with Crippen LogP contribution in [0.15, 0.2) is 47.0 Å². The Morgan fingerprint density at radius 3 is 2.78 bits per heavy atom. The van der Waals surface area contributed by atoms with Crippen LogP contribution >= 0.6 is 0 Å². The molecule has 0 aliphatic heterocycles. The first-order valence-electron chi connectivity index (χ1n) is 10.9. The lowest BCUT2D eigenvalue weighted by Gasteiger charge is -2.26. The quantitative estimate of drug-likeness (QED) is 0.473. The van der Waals surface area contributed by atoms with Crippen molar-refractivity contribution in [1.82, 2.24) is 25.5 Å². The van der Waals surface area contributed by atoms with Crippen molar-refractivity contribution in [2.75, 3.05) is 6.54 Å². The average Bonchev–Trinajstić information content (AvgIpc) is 3.47. The highest BCUT2D eigenvalue weighted by Crippen LogP contribution is 2.35. The molecule has 164 valence electrons. The van der Waals surface area contributed by atoms with Crippen LogP contribution in [0.2, 0.25) is 0 Å². The average molecular weight is 433 g/mol. The zero-order valence-electron chi connectivity index (χ0n) is 17.8. The molecule has 1 fully saturated rings. The summed E-state index contributed by atoms with van der Waals surface area (Å²) >= 11 is 0. The number of H-pyrrole nitrogens is 1. The fourth-order valence-corrected chi connectivity index (χ4v) is 4.30. The van der Waals surface area contributed by atoms with Crippen molar-refractivity contribution in [3.8, 4) is 11.5 Å². The van der Waals surface area contributed by atoms with Crippen LogP contribution in [0, 0.1) is 18.7 Å². The van der Waals surface area contributed by atoms with E-state index in [1.165, 1.54) is 6.07 Å². The lowest BCUT2D eigenvalue weighted by Crippen LogP contribution is -2.31. The maximum Gasteiger partial charge on any atom is 0.267 e. The highest BCUT2D eigenvalue weighted by Gasteiger charge is 2.27. The Morgan fingerprint density at radius 2 is 2.03 bits per heavy atom. The van der Waals surface area contributed by atoms with Gasteiger partial charge < -0.3 is 14.7 Å². The van der Waals surface area contributed by atoms with Crippen LogP contribution in [0.4, 0.5) is 4.39 Å². The van der Waals surface area contributed by atoms with Crippen LogP contribution in [0.5, 0.6) is 0 Å². The molecule has 1 aliphatic rings. The zero-order valence-corrected chi connectivity index (χ0v) is 17.8. The van der Waals surface area contributed by atoms with E-state index in [0.717, 1.165) is 36.9 Å². The van der Waals surface area contributed by atoms with E-state index in [0.29, 0.717) is 40.8 Å². The van der Waals surface area contributed by atoms with Gasteiger partial charge in [-0.05, 0) is 68.9 Å². The Bertz CT molecular complexity index is 1240. The van der Waals surface area contributed by atoms with Gasteiger partial charge in [0.15, 0.2) is 0 Å². The number of aromatic nitrogens is 4. The van der Waals surface area contributed by atoms with Gasteiger partial charge in [-0.15, -0.1) is 10.2 Å². The predicted octanol–water partition coefficient (Wildman–Crippen LogP) is 4.76. The number of carbonyl (C=O) groups is 1. The van der Waals surface area contributed by atoms with Crippen LogP contribution in [0.3, 0.4) is 0 Å². The second-order valence-corrected chi connectivity index (χ2v) is 8.45. The Morgan fingerprint density at radius 1 is 1.19 bits per heavy atom. The van der Waals surface area contributed by atoms with Crippen LogP contribution in [-0.2, 0) is 0 Å². The maximum absolute atomic E-state index is 13.9. The van der Waals surface area contributed by atoms with Crippen LogP contribution in [0.1, 0.15) is 53.7 Å². The molecule has 0 atom stereocenters. The number of benzene rings is 1. The number of carbonyl (C=O) groups excluding carboxylic acids is 1. The number of nitrogens with one attached hydrogen (secondary N) is 2. The molecule has 0 radical (unpaired) electrons. The van der Waals surface area contributed by atoms with Gasteiger partial charge in [-0.3, -0.25) is 9.78 Å². The van der Waals surface area contributed by atoms with Crippen molar-refractivity contribution < 1.29 is 13.6 Å². The van der Waals surface area contributed by atoms with Crippen LogP contribution in [-0.4, -0.2) is 32.6 Å². The first-order valence-corrected chi connectivity index (χ1v) is 10.9. The van der Waals surface area contributed by atoms with Gasteiger partial charge in [0.25, 0.3) is 5.91 Å². The van der Waals surface area contributed by atoms with E-state index in [4.69, 9.17) is 4.42 Å². The first kappa shape index (κ1) is 20.4. The Kier molecular flexibility index (Phi) is 5.43. The lowest BCUT2D eigenvalue weighted by atomic mass is 9.82. The topological polar surface area (TPSA) is 96.7 Å². The molecule has 4 aromatic rings. The molecule has 1 amide bonds. The van der Waals surface area contributed by atoms with Gasteiger partial charge in [0.05, 0.1) is 5.56 Å². The SMILES string of the molecule is Cc1ccc(-c2nnc(C3CCC(CNC(=O)c4cc5c(F)cccc5[nH]4)CC3)o2)cn1. The molecule has 0 bridgehead atoms. The Balaban J connectivity index is 1.14. The standard InChI is InChI=1S/C24H24FN5O2/c1-14-5-8-17(13-26-14)24-30-29-23(32-24)16-9-6-15(7-10-16)12-27-22(31)21-11-18-19(25)3-2-4-20(18)28-21/h2-5,8,11,13,15-16,28H,6-7,9-10,12H2,1H3,(H,27,31). The second kappa shape index (κ2) is 8.53. The summed E-state index contributed by atoms with van der Waals surface area (Å²) in [7, 11) is 0. The van der Waals surface area contributed by atoms with Crippen molar-refractivity contribution in [3.05, 3.63) is 65.7 Å². The molecule has 1 aliphatic carbocycles. The maximum atomic E-state index is 13.9. The van der Waals surface area contributed by atoms with E-state index in [-0.39, 0.29) is 17.6 Å². The van der Waals surface area contributed by atoms with E-state index < -0.39 is 0 Å². The highest BCUT2D eigenvalue weighted by atomic mass is 19.1. The van der Waals surface area contributed by atoms with Gasteiger partial charge in [0, 0.05) is 35.3 Å². The van der Waals surface area contributed by atoms with E-state index in [2.05, 4.69) is 25.5 Å². The summed E-state index contributed by atoms with van der Waals surface area (Å²) in [5.41, 5.74) is 2.76. The monoisotopic (exact) mass is 433 g/mol. The van der Waals surface area contributed by atoms with Gasteiger partial charge >= 0.3 is 0 Å². The fourth-order valence-electron chi connectivity index (χ4n) is 4.30. The molecule has 7 nitrogen and oxygen atoms in total. The Hall–Kier alpha value is -3.55. The number of nitrogens with zero attached hydrogens (tertiary/aromatic N) is 3. The molecule has 32 heavy (non-hydrogen) atoms. The minimum Gasteiger partial charge on any atom is -0.420 e. The van der Waals surface area contributed by atoms with Gasteiger partial charge in [0.1, 0.15) is 11.5 Å². The third kappa shape index (κ3) is 4.12. The second-order valence-electron chi connectivity index (χ2n) is 8.45. The Labute approximate surface area is 184 Å². The third-order valence-corrected chi connectivity index (χ3v) is 6.20. The molecule has 1 saturated carbocycles. The van der Waals surface area contributed by atoms with Crippen LogP contribution < -0.4 is 5.32 Å². The lowest BCUT2D eigenvalue weighted by molar-refractivity contribution is 0.0938. The van der Waals surface area contributed by atoms with Crippen molar-refractivity contribution in [2.24, 2.45) is 5.92 Å². The molecule has 0 unspecified atom stereocenters. The summed E-state index contributed by atoms with van der Waals surface area (Å²) in [5, 5.41) is 11.9. The molecule has 3 heterocycles. The molecule has 5 rings (SSSR count). The van der Waals surface area contributed by atoms with E-state index in [1.54, 1.807) is 24.4 Å². The number of aryl methyl sites for hydroxylation is 1. The van der Waals surface area contributed by atoms with E-state index in [1.807, 2.05) is 19.1 Å². The molecule has 0 saturated heterocycles. The van der Waals surface area contributed by atoms with Gasteiger partial charge in [-0.25, -0.2) is 4.39 Å². The summed E-state index contributed by atoms with van der Waals surface area (Å²) in [6.07, 6.45) is 5.55. The van der Waals surface area contributed by atoms with Crippen LogP contribution in [0.25, 0.3) is 22.4 Å². The number of fused-ring (bicyclic) bond motifs is 1. The molecular formula is C24H24FN5O2. The number of amides is 1. The largest absolute Gasteiger partial charge is 0.420 e. The smallest absolute Gasteiger partial charge is 0.267 e. The molecule has 1 aromatic carbocycles. The number of hydrogen-bond donors (Lipinski definition) is 2. The molecule has 3 aromatic heterocycles. The third-order valence-electron chi connectivity index (χ3n) is 6.20. The summed E-state index contributed by atoms with van der Waals surface area (Å²) in [6, 6.07) is 10.2. The fraction of sp³-hybridized carbons (Fsp3) is 0.333. The van der Waals surface area contributed by atoms with Crippen molar-refractivity contribution in [3.63, 3.8) is 0 Å². The number of aromatic amines is 1. The molecule has 0 spiro atoms.